The van der Waals surface area contributed by atoms with E-state index in [4.69, 9.17) is 9.47 Å². The summed E-state index contributed by atoms with van der Waals surface area (Å²) < 4.78 is 10.7. The van der Waals surface area contributed by atoms with E-state index in [0.717, 1.165) is 29.0 Å². The highest BCUT2D eigenvalue weighted by atomic mass is 16.5. The maximum Gasteiger partial charge on any atom is 0.223 e. The van der Waals surface area contributed by atoms with Crippen LogP contribution in [0.3, 0.4) is 0 Å². The molecule has 0 saturated heterocycles. The van der Waals surface area contributed by atoms with Crippen molar-refractivity contribution >= 4 is 5.91 Å². The molecule has 0 radical (unpaired) electrons. The Morgan fingerprint density at radius 1 is 0.963 bits per heavy atom. The maximum atomic E-state index is 12.9. The van der Waals surface area contributed by atoms with Crippen LogP contribution in [0.15, 0.2) is 48.5 Å². The van der Waals surface area contributed by atoms with Gasteiger partial charge >= 0.3 is 0 Å². The van der Waals surface area contributed by atoms with Gasteiger partial charge in [-0.2, -0.15) is 0 Å². The summed E-state index contributed by atoms with van der Waals surface area (Å²) in [7, 11) is 3.33. The van der Waals surface area contributed by atoms with Crippen molar-refractivity contribution in [2.24, 2.45) is 5.41 Å². The summed E-state index contributed by atoms with van der Waals surface area (Å²) in [5.41, 5.74) is 2.17. The Hall–Kier alpha value is -2.49. The summed E-state index contributed by atoms with van der Waals surface area (Å²) in [6.45, 7) is 7.53. The fourth-order valence-electron chi connectivity index (χ4n) is 2.97. The van der Waals surface area contributed by atoms with Crippen LogP contribution in [0.25, 0.3) is 0 Å². The number of amides is 1. The van der Waals surface area contributed by atoms with E-state index in [1.807, 2.05) is 47.4 Å². The van der Waals surface area contributed by atoms with Crippen molar-refractivity contribution in [3.63, 3.8) is 0 Å². The fourth-order valence-corrected chi connectivity index (χ4v) is 2.97. The van der Waals surface area contributed by atoms with E-state index in [1.54, 1.807) is 14.2 Å². The zero-order valence-electron chi connectivity index (χ0n) is 17.1. The third-order valence-corrected chi connectivity index (χ3v) is 4.41. The summed E-state index contributed by atoms with van der Waals surface area (Å²) in [6, 6.07) is 15.9. The van der Waals surface area contributed by atoms with Crippen molar-refractivity contribution in [2.45, 2.75) is 40.2 Å². The Bertz CT molecular complexity index is 732. The van der Waals surface area contributed by atoms with Crippen molar-refractivity contribution in [1.82, 2.24) is 4.90 Å². The van der Waals surface area contributed by atoms with Crippen LogP contribution in [-0.2, 0) is 17.8 Å². The predicted molar refractivity (Wildman–Crippen MR) is 109 cm³/mol. The fraction of sp³-hybridized carbons (Fsp3) is 0.435. The molecule has 0 fully saturated rings. The molecule has 146 valence electrons. The van der Waals surface area contributed by atoms with Crippen LogP contribution >= 0.6 is 0 Å². The molecule has 2 rings (SSSR count). The highest BCUT2D eigenvalue weighted by Crippen LogP contribution is 2.23. The number of methoxy groups -OCH3 is 2. The SMILES string of the molecule is COc1ccc(CN(CCc2ccccc2OC)C(=O)CC(C)(C)C)cc1. The highest BCUT2D eigenvalue weighted by Gasteiger charge is 2.21. The molecular formula is C23H31NO3. The number of hydrogen-bond acceptors (Lipinski definition) is 3. The summed E-state index contributed by atoms with van der Waals surface area (Å²) in [5, 5.41) is 0. The molecule has 0 heterocycles. The van der Waals surface area contributed by atoms with Gasteiger partial charge in [0.2, 0.25) is 5.91 Å². The lowest BCUT2D eigenvalue weighted by atomic mass is 9.91. The molecule has 2 aromatic rings. The zero-order valence-corrected chi connectivity index (χ0v) is 17.1. The van der Waals surface area contributed by atoms with Crippen LogP contribution in [0.4, 0.5) is 0 Å². The van der Waals surface area contributed by atoms with E-state index < -0.39 is 0 Å². The van der Waals surface area contributed by atoms with Crippen LogP contribution < -0.4 is 9.47 Å². The molecule has 0 aromatic heterocycles. The number of carbonyl (C=O) groups excluding carboxylic acids is 1. The molecule has 2 aromatic carbocycles. The lowest BCUT2D eigenvalue weighted by molar-refractivity contribution is -0.133. The van der Waals surface area contributed by atoms with Gasteiger partial charge in [-0.3, -0.25) is 4.79 Å². The van der Waals surface area contributed by atoms with Crippen molar-refractivity contribution in [3.8, 4) is 11.5 Å². The number of nitrogens with zero attached hydrogens (tertiary/aromatic N) is 1. The summed E-state index contributed by atoms with van der Waals surface area (Å²) in [4.78, 5) is 14.9. The second-order valence-electron chi connectivity index (χ2n) is 7.96. The number of rotatable bonds is 8. The van der Waals surface area contributed by atoms with E-state index in [9.17, 15) is 4.79 Å². The van der Waals surface area contributed by atoms with Crippen molar-refractivity contribution in [2.75, 3.05) is 20.8 Å². The van der Waals surface area contributed by atoms with Gasteiger partial charge in [-0.1, -0.05) is 51.1 Å². The number of benzene rings is 2. The first-order valence-corrected chi connectivity index (χ1v) is 9.35. The monoisotopic (exact) mass is 369 g/mol. The molecule has 0 bridgehead atoms. The van der Waals surface area contributed by atoms with Gasteiger partial charge in [-0.15, -0.1) is 0 Å². The molecule has 4 heteroatoms. The van der Waals surface area contributed by atoms with Crippen molar-refractivity contribution in [3.05, 3.63) is 59.7 Å². The van der Waals surface area contributed by atoms with E-state index in [1.165, 1.54) is 0 Å². The topological polar surface area (TPSA) is 38.8 Å². The molecule has 0 aliphatic heterocycles. The second-order valence-corrected chi connectivity index (χ2v) is 7.96. The summed E-state index contributed by atoms with van der Waals surface area (Å²) in [5.74, 6) is 1.86. The van der Waals surface area contributed by atoms with Gasteiger partial charge in [0.05, 0.1) is 14.2 Å². The molecule has 0 aliphatic rings. The van der Waals surface area contributed by atoms with Crippen molar-refractivity contribution < 1.29 is 14.3 Å². The third kappa shape index (κ3) is 6.63. The van der Waals surface area contributed by atoms with E-state index in [-0.39, 0.29) is 11.3 Å². The summed E-state index contributed by atoms with van der Waals surface area (Å²) >= 11 is 0. The zero-order chi connectivity index (χ0) is 19.9. The Morgan fingerprint density at radius 3 is 2.22 bits per heavy atom. The molecule has 27 heavy (non-hydrogen) atoms. The minimum atomic E-state index is -0.0420. The van der Waals surface area contributed by atoms with Gasteiger partial charge in [0, 0.05) is 19.5 Å². The van der Waals surface area contributed by atoms with Crippen LogP contribution in [0, 0.1) is 5.41 Å². The van der Waals surface area contributed by atoms with Crippen LogP contribution in [-0.4, -0.2) is 31.6 Å². The lowest BCUT2D eigenvalue weighted by Crippen LogP contribution is -2.34. The van der Waals surface area contributed by atoms with Crippen LogP contribution in [0.1, 0.15) is 38.3 Å². The van der Waals surface area contributed by atoms with E-state index in [0.29, 0.717) is 19.5 Å². The Morgan fingerprint density at radius 2 is 1.63 bits per heavy atom. The molecule has 4 nitrogen and oxygen atoms in total. The first-order chi connectivity index (χ1) is 12.8. The average Bonchev–Trinajstić information content (AvgIpc) is 2.64. The molecule has 0 N–H and O–H groups in total. The van der Waals surface area contributed by atoms with Gasteiger partial charge in [-0.05, 0) is 41.2 Å². The predicted octanol–water partition coefficient (Wildman–Crippen LogP) is 4.71. The number of ether oxygens (including phenoxy) is 2. The largest absolute Gasteiger partial charge is 0.497 e. The quantitative estimate of drug-likeness (QED) is 0.676. The molecular weight excluding hydrogens is 338 g/mol. The number of carbonyl (C=O) groups is 1. The molecule has 0 aliphatic carbocycles. The lowest BCUT2D eigenvalue weighted by Gasteiger charge is -2.27. The molecule has 0 saturated carbocycles. The van der Waals surface area contributed by atoms with E-state index >= 15 is 0 Å². The van der Waals surface area contributed by atoms with Crippen molar-refractivity contribution in [1.29, 1.82) is 0 Å². The van der Waals surface area contributed by atoms with E-state index in [2.05, 4.69) is 26.8 Å². The molecule has 0 spiro atoms. The molecule has 0 atom stereocenters. The smallest absolute Gasteiger partial charge is 0.223 e. The van der Waals surface area contributed by atoms with Crippen LogP contribution in [0.2, 0.25) is 0 Å². The van der Waals surface area contributed by atoms with Gasteiger partial charge < -0.3 is 14.4 Å². The normalized spacial score (nSPS) is 11.1. The minimum Gasteiger partial charge on any atom is -0.497 e. The highest BCUT2D eigenvalue weighted by molar-refractivity contribution is 5.76. The van der Waals surface area contributed by atoms with Gasteiger partial charge in [0.1, 0.15) is 11.5 Å². The first-order valence-electron chi connectivity index (χ1n) is 9.35. The number of para-hydroxylation sites is 1. The minimum absolute atomic E-state index is 0.0420. The van der Waals surface area contributed by atoms with Gasteiger partial charge in [0.25, 0.3) is 0 Å². The van der Waals surface area contributed by atoms with Gasteiger partial charge in [-0.25, -0.2) is 0 Å². The molecule has 1 amide bonds. The standard InChI is InChI=1S/C23H31NO3/c1-23(2,3)16-22(25)24(17-18-10-12-20(26-4)13-11-18)15-14-19-8-6-7-9-21(19)27-5/h6-13H,14-17H2,1-5H3. The van der Waals surface area contributed by atoms with Gasteiger partial charge in [0.15, 0.2) is 0 Å². The second kappa shape index (κ2) is 9.45. The maximum absolute atomic E-state index is 12.9. The van der Waals surface area contributed by atoms with Crippen LogP contribution in [0.5, 0.6) is 11.5 Å². The summed E-state index contributed by atoms with van der Waals surface area (Å²) in [6.07, 6.45) is 1.28. The first kappa shape index (κ1) is 20.8. The Kier molecular flexibility index (Phi) is 7.28. The molecule has 0 unspecified atom stereocenters. The number of hydrogen-bond donors (Lipinski definition) is 0. The Labute approximate surface area is 163 Å². The Balaban J connectivity index is 2.14. The third-order valence-electron chi connectivity index (χ3n) is 4.41. The average molecular weight is 370 g/mol.